The topological polar surface area (TPSA) is 69.7 Å². The summed E-state index contributed by atoms with van der Waals surface area (Å²) in [5, 5.41) is 3.29. The highest BCUT2D eigenvalue weighted by molar-refractivity contribution is 7.89. The third-order valence-electron chi connectivity index (χ3n) is 5.77. The third kappa shape index (κ3) is 5.47. The van der Waals surface area contributed by atoms with Crippen molar-refractivity contribution in [2.75, 3.05) is 32.7 Å². The molecule has 1 N–H and O–H groups in total. The largest absolute Gasteiger partial charge is 0.339 e. The van der Waals surface area contributed by atoms with Crippen molar-refractivity contribution in [3.05, 3.63) is 102 Å². The van der Waals surface area contributed by atoms with E-state index in [2.05, 4.69) is 5.32 Å². The fourth-order valence-electron chi connectivity index (χ4n) is 3.95. The average molecular weight is 468 g/mol. The molecule has 0 radical (unpaired) electrons. The highest BCUT2D eigenvalue weighted by atomic mass is 32.2. The number of nitrogens with zero attached hydrogens (tertiary/aromatic N) is 2. The molecule has 6 nitrogen and oxygen atoms in total. The number of rotatable bonds is 7. The maximum absolute atomic E-state index is 13.4. The van der Waals surface area contributed by atoms with E-state index in [0.29, 0.717) is 13.1 Å². The van der Waals surface area contributed by atoms with Gasteiger partial charge < -0.3 is 4.90 Å². The molecule has 1 fully saturated rings. The highest BCUT2D eigenvalue weighted by Crippen LogP contribution is 2.22. The van der Waals surface area contributed by atoms with Gasteiger partial charge >= 0.3 is 0 Å². The van der Waals surface area contributed by atoms with Crippen molar-refractivity contribution in [3.63, 3.8) is 0 Å². The summed E-state index contributed by atoms with van der Waals surface area (Å²) in [7, 11) is -3.56. The second kappa shape index (κ2) is 10.2. The van der Waals surface area contributed by atoms with Gasteiger partial charge in [0.25, 0.3) is 0 Å². The predicted octanol–water partition coefficient (Wildman–Crippen LogP) is 3.04. The summed E-state index contributed by atoms with van der Waals surface area (Å²) in [5.74, 6) is -0.417. The summed E-state index contributed by atoms with van der Waals surface area (Å²) >= 11 is 0. The van der Waals surface area contributed by atoms with Crippen molar-refractivity contribution in [2.24, 2.45) is 0 Å². The van der Waals surface area contributed by atoms with Crippen LogP contribution in [-0.2, 0) is 14.8 Å². The Bertz CT molecular complexity index is 1160. The lowest BCUT2D eigenvalue weighted by Gasteiger charge is -2.34. The first-order chi connectivity index (χ1) is 15.9. The Hall–Kier alpha value is -3.07. The molecule has 0 spiro atoms. The number of hydrogen-bond acceptors (Lipinski definition) is 4. The maximum atomic E-state index is 13.4. The second-order valence-corrected chi connectivity index (χ2v) is 9.81. The van der Waals surface area contributed by atoms with Gasteiger partial charge in [-0.15, -0.1) is 0 Å². The number of carbonyl (C=O) groups is 1. The fraction of sp³-hybridized carbons (Fsp3) is 0.240. The summed E-state index contributed by atoms with van der Waals surface area (Å²) in [6, 6.07) is 23.9. The summed E-state index contributed by atoms with van der Waals surface area (Å²) in [4.78, 5) is 14.8. The molecular weight excluding hydrogens is 441 g/mol. The zero-order valence-electron chi connectivity index (χ0n) is 18.1. The van der Waals surface area contributed by atoms with Gasteiger partial charge in [-0.1, -0.05) is 60.7 Å². The van der Waals surface area contributed by atoms with Crippen molar-refractivity contribution >= 4 is 15.9 Å². The molecule has 1 unspecified atom stereocenters. The molecule has 33 heavy (non-hydrogen) atoms. The number of amides is 1. The Labute approximate surface area is 193 Å². The molecule has 8 heteroatoms. The smallest absolute Gasteiger partial charge is 0.243 e. The molecule has 1 heterocycles. The van der Waals surface area contributed by atoms with E-state index in [-0.39, 0.29) is 42.3 Å². The minimum Gasteiger partial charge on any atom is -0.339 e. The van der Waals surface area contributed by atoms with Crippen LogP contribution in [0.5, 0.6) is 0 Å². The van der Waals surface area contributed by atoms with E-state index in [9.17, 15) is 17.6 Å². The highest BCUT2D eigenvalue weighted by Gasteiger charge is 2.30. The first kappa shape index (κ1) is 23.1. The first-order valence-corrected chi connectivity index (χ1v) is 12.3. The van der Waals surface area contributed by atoms with E-state index in [1.807, 2.05) is 30.3 Å². The van der Waals surface area contributed by atoms with E-state index in [4.69, 9.17) is 0 Å². The van der Waals surface area contributed by atoms with Crippen molar-refractivity contribution < 1.29 is 17.6 Å². The Kier molecular flexibility index (Phi) is 7.17. The van der Waals surface area contributed by atoms with Crippen LogP contribution in [0.4, 0.5) is 4.39 Å². The normalized spacial score (nSPS) is 15.8. The summed E-state index contributed by atoms with van der Waals surface area (Å²) in [5.41, 5.74) is 1.82. The minimum absolute atomic E-state index is 0.0857. The molecule has 0 saturated carbocycles. The van der Waals surface area contributed by atoms with Crippen molar-refractivity contribution in [3.8, 4) is 0 Å². The van der Waals surface area contributed by atoms with Gasteiger partial charge in [0, 0.05) is 26.2 Å². The monoisotopic (exact) mass is 467 g/mol. The lowest BCUT2D eigenvalue weighted by Crippen LogP contribution is -2.52. The first-order valence-electron chi connectivity index (χ1n) is 10.8. The SMILES string of the molecule is O=C(CNC(c1ccccc1)c1ccc(F)cc1)N1CCN(S(=O)(=O)c2ccccc2)CC1. The van der Waals surface area contributed by atoms with Gasteiger partial charge in [0.1, 0.15) is 5.82 Å². The van der Waals surface area contributed by atoms with Gasteiger partial charge in [-0.05, 0) is 35.4 Å². The minimum atomic E-state index is -3.56. The number of sulfonamides is 1. The number of nitrogens with one attached hydrogen (secondary N) is 1. The third-order valence-corrected chi connectivity index (χ3v) is 7.68. The van der Waals surface area contributed by atoms with Crippen molar-refractivity contribution in [1.82, 2.24) is 14.5 Å². The molecule has 4 rings (SSSR count). The summed E-state index contributed by atoms with van der Waals surface area (Å²) < 4.78 is 40.4. The van der Waals surface area contributed by atoms with Crippen LogP contribution in [0.1, 0.15) is 17.2 Å². The van der Waals surface area contributed by atoms with Crippen LogP contribution in [0.3, 0.4) is 0 Å². The molecule has 3 aromatic rings. The number of carbonyl (C=O) groups excluding carboxylic acids is 1. The maximum Gasteiger partial charge on any atom is 0.243 e. The molecule has 0 aliphatic carbocycles. The van der Waals surface area contributed by atoms with E-state index < -0.39 is 10.0 Å². The molecule has 1 aliphatic rings. The van der Waals surface area contributed by atoms with Gasteiger partial charge in [-0.25, -0.2) is 12.8 Å². The molecular formula is C25H26FN3O3S. The molecule has 0 bridgehead atoms. The van der Waals surface area contributed by atoms with Gasteiger partial charge in [0.05, 0.1) is 17.5 Å². The quantitative estimate of drug-likeness (QED) is 0.580. The lowest BCUT2D eigenvalue weighted by atomic mass is 9.98. The summed E-state index contributed by atoms with van der Waals surface area (Å²) in [6.07, 6.45) is 0. The molecule has 172 valence electrons. The predicted molar refractivity (Wildman–Crippen MR) is 124 cm³/mol. The van der Waals surface area contributed by atoms with Crippen LogP contribution < -0.4 is 5.32 Å². The number of hydrogen-bond donors (Lipinski definition) is 1. The molecule has 1 saturated heterocycles. The van der Waals surface area contributed by atoms with E-state index in [1.54, 1.807) is 47.4 Å². The Morgan fingerprint density at radius 1 is 0.818 bits per heavy atom. The average Bonchev–Trinajstić information content (AvgIpc) is 2.86. The molecule has 1 atom stereocenters. The van der Waals surface area contributed by atoms with Gasteiger partial charge in [0.2, 0.25) is 15.9 Å². The van der Waals surface area contributed by atoms with E-state index >= 15 is 0 Å². The zero-order valence-corrected chi connectivity index (χ0v) is 18.9. The number of halogens is 1. The Morgan fingerprint density at radius 3 is 1.97 bits per heavy atom. The van der Waals surface area contributed by atoms with E-state index in [1.165, 1.54) is 16.4 Å². The zero-order chi connectivity index (χ0) is 23.3. The van der Waals surface area contributed by atoms with Gasteiger partial charge in [0.15, 0.2) is 0 Å². The second-order valence-electron chi connectivity index (χ2n) is 7.87. The van der Waals surface area contributed by atoms with E-state index in [0.717, 1.165) is 11.1 Å². The van der Waals surface area contributed by atoms with Crippen LogP contribution >= 0.6 is 0 Å². The molecule has 3 aromatic carbocycles. The van der Waals surface area contributed by atoms with Crippen LogP contribution in [-0.4, -0.2) is 56.3 Å². The van der Waals surface area contributed by atoms with Crippen molar-refractivity contribution in [2.45, 2.75) is 10.9 Å². The molecule has 0 aromatic heterocycles. The summed E-state index contributed by atoms with van der Waals surface area (Å²) in [6.45, 7) is 1.26. The lowest BCUT2D eigenvalue weighted by molar-refractivity contribution is -0.131. The molecule has 1 amide bonds. The van der Waals surface area contributed by atoms with Crippen LogP contribution in [0.2, 0.25) is 0 Å². The number of piperazine rings is 1. The Balaban J connectivity index is 1.38. The standard InChI is InChI=1S/C25H26FN3O3S/c26-22-13-11-21(12-14-22)25(20-7-3-1-4-8-20)27-19-24(30)28-15-17-29(18-16-28)33(31,32)23-9-5-2-6-10-23/h1-14,25,27H,15-19H2. The van der Waals surface area contributed by atoms with Crippen molar-refractivity contribution in [1.29, 1.82) is 0 Å². The fourth-order valence-corrected chi connectivity index (χ4v) is 5.39. The van der Waals surface area contributed by atoms with Crippen LogP contribution in [0.25, 0.3) is 0 Å². The van der Waals surface area contributed by atoms with Crippen LogP contribution in [0, 0.1) is 5.82 Å². The van der Waals surface area contributed by atoms with Gasteiger partial charge in [-0.3, -0.25) is 10.1 Å². The molecule has 1 aliphatic heterocycles. The Morgan fingerprint density at radius 2 is 1.36 bits per heavy atom. The number of benzene rings is 3. The van der Waals surface area contributed by atoms with Gasteiger partial charge in [-0.2, -0.15) is 4.31 Å². The van der Waals surface area contributed by atoms with Crippen LogP contribution in [0.15, 0.2) is 89.8 Å².